The van der Waals surface area contributed by atoms with Crippen molar-refractivity contribution in [2.75, 3.05) is 11.4 Å². The van der Waals surface area contributed by atoms with E-state index in [9.17, 15) is 14.4 Å². The molecule has 0 saturated heterocycles. The highest BCUT2D eigenvalue weighted by Crippen LogP contribution is 2.29. The van der Waals surface area contributed by atoms with E-state index >= 15 is 0 Å². The Bertz CT molecular complexity index is 811. The second-order valence-electron chi connectivity index (χ2n) is 6.34. The topological polar surface area (TPSA) is 54.5 Å². The number of aryl methyl sites for hydroxylation is 1. The van der Waals surface area contributed by atoms with Gasteiger partial charge in [0, 0.05) is 36.2 Å². The number of hydrogen-bond donors (Lipinski definition) is 0. The van der Waals surface area contributed by atoms with Crippen LogP contribution in [0.4, 0.5) is 5.69 Å². The lowest BCUT2D eigenvalue weighted by molar-refractivity contribution is -0.118. The van der Waals surface area contributed by atoms with Gasteiger partial charge in [0.2, 0.25) is 5.91 Å². The van der Waals surface area contributed by atoms with Gasteiger partial charge in [-0.15, -0.1) is 0 Å². The van der Waals surface area contributed by atoms with E-state index in [-0.39, 0.29) is 30.3 Å². The molecule has 1 heterocycles. The second kappa shape index (κ2) is 7.43. The summed E-state index contributed by atoms with van der Waals surface area (Å²) in [4.78, 5) is 38.2. The predicted molar refractivity (Wildman–Crippen MR) is 97.1 cm³/mol. The minimum absolute atomic E-state index is 0.0139. The standard InChI is InChI=1S/C21H21NO3/c1-15(23)18-10-9-16-8-5-13-22(19(16)14-18)21(25)12-11-20(24)17-6-3-2-4-7-17/h2-4,6-7,9-10,14H,5,8,11-13H2,1H3. The smallest absolute Gasteiger partial charge is 0.227 e. The molecule has 0 bridgehead atoms. The van der Waals surface area contributed by atoms with Gasteiger partial charge in [-0.3, -0.25) is 14.4 Å². The number of carbonyl (C=O) groups excluding carboxylic acids is 3. The molecule has 0 aliphatic carbocycles. The molecule has 1 amide bonds. The Balaban J connectivity index is 1.72. The largest absolute Gasteiger partial charge is 0.312 e. The molecule has 4 nitrogen and oxygen atoms in total. The Hall–Kier alpha value is -2.75. The first kappa shape index (κ1) is 17.1. The number of amides is 1. The molecule has 2 aromatic carbocycles. The quantitative estimate of drug-likeness (QED) is 0.780. The van der Waals surface area contributed by atoms with E-state index in [1.165, 1.54) is 6.92 Å². The lowest BCUT2D eigenvalue weighted by atomic mass is 9.97. The Morgan fingerprint density at radius 1 is 0.960 bits per heavy atom. The van der Waals surface area contributed by atoms with Crippen molar-refractivity contribution < 1.29 is 14.4 Å². The number of hydrogen-bond acceptors (Lipinski definition) is 3. The number of benzene rings is 2. The van der Waals surface area contributed by atoms with Gasteiger partial charge in [0.15, 0.2) is 11.6 Å². The van der Waals surface area contributed by atoms with Crippen LogP contribution in [0.15, 0.2) is 48.5 Å². The summed E-state index contributed by atoms with van der Waals surface area (Å²) in [7, 11) is 0. The molecule has 1 aliphatic heterocycles. The number of rotatable bonds is 5. The van der Waals surface area contributed by atoms with E-state index in [0.717, 1.165) is 24.1 Å². The fraction of sp³-hybridized carbons (Fsp3) is 0.286. The van der Waals surface area contributed by atoms with E-state index in [1.54, 1.807) is 23.1 Å². The number of fused-ring (bicyclic) bond motifs is 1. The normalized spacial score (nSPS) is 13.2. The SMILES string of the molecule is CC(=O)c1ccc2c(c1)N(C(=O)CCC(=O)c1ccccc1)CCC2. The van der Waals surface area contributed by atoms with Crippen LogP contribution in [0.5, 0.6) is 0 Å². The first-order chi connectivity index (χ1) is 12.1. The van der Waals surface area contributed by atoms with Crippen LogP contribution in [0.3, 0.4) is 0 Å². The number of carbonyl (C=O) groups is 3. The van der Waals surface area contributed by atoms with Gasteiger partial charge in [-0.1, -0.05) is 42.5 Å². The van der Waals surface area contributed by atoms with Gasteiger partial charge in [-0.05, 0) is 31.4 Å². The first-order valence-electron chi connectivity index (χ1n) is 8.59. The third kappa shape index (κ3) is 3.85. The van der Waals surface area contributed by atoms with Crippen LogP contribution in [0.1, 0.15) is 52.5 Å². The summed E-state index contributed by atoms with van der Waals surface area (Å²) in [5.74, 6) is -0.102. The highest BCUT2D eigenvalue weighted by molar-refractivity contribution is 6.02. The Morgan fingerprint density at radius 3 is 2.44 bits per heavy atom. The Kier molecular flexibility index (Phi) is 5.08. The predicted octanol–water partition coefficient (Wildman–Crippen LogP) is 3.83. The summed E-state index contributed by atoms with van der Waals surface area (Å²) in [6.45, 7) is 2.15. The van der Waals surface area contributed by atoms with Crippen LogP contribution in [0.2, 0.25) is 0 Å². The van der Waals surface area contributed by atoms with Crippen molar-refractivity contribution >= 4 is 23.2 Å². The lowest BCUT2D eigenvalue weighted by Gasteiger charge is -2.30. The molecule has 25 heavy (non-hydrogen) atoms. The summed E-state index contributed by atoms with van der Waals surface area (Å²) in [6.07, 6.45) is 2.17. The highest BCUT2D eigenvalue weighted by atomic mass is 16.2. The molecule has 0 saturated carbocycles. The second-order valence-corrected chi connectivity index (χ2v) is 6.34. The fourth-order valence-electron chi connectivity index (χ4n) is 3.18. The van der Waals surface area contributed by atoms with E-state index in [2.05, 4.69) is 0 Å². The molecule has 2 aromatic rings. The summed E-state index contributed by atoms with van der Waals surface area (Å²) < 4.78 is 0. The molecule has 1 aliphatic rings. The van der Waals surface area contributed by atoms with E-state index in [1.807, 2.05) is 30.3 Å². The minimum atomic E-state index is -0.0640. The minimum Gasteiger partial charge on any atom is -0.312 e. The molecule has 0 fully saturated rings. The molecule has 0 radical (unpaired) electrons. The van der Waals surface area contributed by atoms with Gasteiger partial charge in [-0.25, -0.2) is 0 Å². The lowest BCUT2D eigenvalue weighted by Crippen LogP contribution is -2.35. The monoisotopic (exact) mass is 335 g/mol. The van der Waals surface area contributed by atoms with Crippen LogP contribution >= 0.6 is 0 Å². The van der Waals surface area contributed by atoms with Gasteiger partial charge >= 0.3 is 0 Å². The molecule has 0 atom stereocenters. The molecule has 4 heteroatoms. The first-order valence-corrected chi connectivity index (χ1v) is 8.59. The van der Waals surface area contributed by atoms with Crippen LogP contribution in [0, 0.1) is 0 Å². The number of ketones is 2. The summed E-state index contributed by atoms with van der Waals surface area (Å²) in [6, 6.07) is 14.6. The fourth-order valence-corrected chi connectivity index (χ4v) is 3.18. The van der Waals surface area contributed by atoms with Crippen LogP contribution < -0.4 is 4.90 Å². The molecule has 0 N–H and O–H groups in total. The molecule has 128 valence electrons. The van der Waals surface area contributed by atoms with Crippen molar-refractivity contribution in [3.8, 4) is 0 Å². The average molecular weight is 335 g/mol. The van der Waals surface area contributed by atoms with Gasteiger partial charge in [0.25, 0.3) is 0 Å². The van der Waals surface area contributed by atoms with Gasteiger partial charge in [0.05, 0.1) is 0 Å². The van der Waals surface area contributed by atoms with E-state index in [4.69, 9.17) is 0 Å². The van der Waals surface area contributed by atoms with Gasteiger partial charge < -0.3 is 4.90 Å². The molecular formula is C21H21NO3. The van der Waals surface area contributed by atoms with Crippen LogP contribution in [-0.2, 0) is 11.2 Å². The zero-order valence-electron chi connectivity index (χ0n) is 14.3. The summed E-state index contributed by atoms with van der Waals surface area (Å²) in [5, 5.41) is 0. The maximum absolute atomic E-state index is 12.7. The molecule has 0 aromatic heterocycles. The van der Waals surface area contributed by atoms with E-state index in [0.29, 0.717) is 17.7 Å². The van der Waals surface area contributed by atoms with Crippen LogP contribution in [0.25, 0.3) is 0 Å². The van der Waals surface area contributed by atoms with Crippen molar-refractivity contribution in [2.24, 2.45) is 0 Å². The zero-order valence-corrected chi connectivity index (χ0v) is 14.3. The number of anilines is 1. The van der Waals surface area contributed by atoms with E-state index < -0.39 is 0 Å². The Morgan fingerprint density at radius 2 is 1.72 bits per heavy atom. The van der Waals surface area contributed by atoms with Crippen molar-refractivity contribution in [1.82, 2.24) is 0 Å². The number of nitrogens with zero attached hydrogens (tertiary/aromatic N) is 1. The average Bonchev–Trinajstić information content (AvgIpc) is 2.65. The summed E-state index contributed by atoms with van der Waals surface area (Å²) >= 11 is 0. The van der Waals surface area contributed by atoms with Gasteiger partial charge in [-0.2, -0.15) is 0 Å². The highest BCUT2D eigenvalue weighted by Gasteiger charge is 2.23. The molecule has 0 unspecified atom stereocenters. The maximum atomic E-state index is 12.7. The molecule has 3 rings (SSSR count). The van der Waals surface area contributed by atoms with Crippen molar-refractivity contribution in [1.29, 1.82) is 0 Å². The molecule has 0 spiro atoms. The zero-order chi connectivity index (χ0) is 17.8. The van der Waals surface area contributed by atoms with Crippen molar-refractivity contribution in [3.63, 3.8) is 0 Å². The van der Waals surface area contributed by atoms with Crippen molar-refractivity contribution in [3.05, 3.63) is 65.2 Å². The Labute approximate surface area is 147 Å². The summed E-state index contributed by atoms with van der Waals surface area (Å²) in [5.41, 5.74) is 3.14. The third-order valence-corrected chi connectivity index (χ3v) is 4.57. The maximum Gasteiger partial charge on any atom is 0.227 e. The molecular weight excluding hydrogens is 314 g/mol. The van der Waals surface area contributed by atoms with Crippen molar-refractivity contribution in [2.45, 2.75) is 32.6 Å². The van der Waals surface area contributed by atoms with Crippen LogP contribution in [-0.4, -0.2) is 24.0 Å². The third-order valence-electron chi connectivity index (χ3n) is 4.57. The number of Topliss-reactive ketones (excluding diaryl/α,β-unsaturated/α-hetero) is 2. The van der Waals surface area contributed by atoms with Gasteiger partial charge in [0.1, 0.15) is 0 Å².